The Balaban J connectivity index is 2.24. The molecule has 1 N–H and O–H groups in total. The second kappa shape index (κ2) is 5.45. The van der Waals surface area contributed by atoms with E-state index in [1.807, 2.05) is 13.0 Å². The molecule has 2 rings (SSSR count). The van der Waals surface area contributed by atoms with Crippen LogP contribution in [0.3, 0.4) is 0 Å². The molecule has 0 aliphatic heterocycles. The van der Waals surface area contributed by atoms with Gasteiger partial charge in [-0.25, -0.2) is 0 Å². The first-order valence-electron chi connectivity index (χ1n) is 6.01. The lowest BCUT2D eigenvalue weighted by Crippen LogP contribution is -2.25. The molecular weight excluding hydrogens is 224 g/mol. The highest BCUT2D eigenvalue weighted by Crippen LogP contribution is 2.32. The van der Waals surface area contributed by atoms with Crippen LogP contribution in [-0.4, -0.2) is 13.2 Å². The van der Waals surface area contributed by atoms with Gasteiger partial charge in [-0.1, -0.05) is 13.0 Å². The molecule has 1 unspecified atom stereocenters. The molecule has 0 spiro atoms. The van der Waals surface area contributed by atoms with Crippen LogP contribution >= 0.6 is 0 Å². The lowest BCUT2D eigenvalue weighted by molar-refractivity contribution is -0.0499. The summed E-state index contributed by atoms with van der Waals surface area (Å²) in [5.41, 5.74) is 2.35. The van der Waals surface area contributed by atoms with Crippen molar-refractivity contribution in [3.8, 4) is 5.75 Å². The Kier molecular flexibility index (Phi) is 3.94. The maximum absolute atomic E-state index is 12.2. The summed E-state index contributed by atoms with van der Waals surface area (Å²) in [5, 5.41) is 3.38. The number of aryl methyl sites for hydroxylation is 1. The first kappa shape index (κ1) is 12.3. The van der Waals surface area contributed by atoms with Gasteiger partial charge in [0.25, 0.3) is 0 Å². The molecule has 1 aromatic carbocycles. The van der Waals surface area contributed by atoms with Crippen LogP contribution in [0.5, 0.6) is 5.75 Å². The molecule has 0 bridgehead atoms. The first-order valence-corrected chi connectivity index (χ1v) is 6.01. The molecule has 0 saturated carbocycles. The van der Waals surface area contributed by atoms with Gasteiger partial charge < -0.3 is 10.1 Å². The van der Waals surface area contributed by atoms with E-state index in [0.717, 1.165) is 31.4 Å². The summed E-state index contributed by atoms with van der Waals surface area (Å²) < 4.78 is 28.8. The highest BCUT2D eigenvalue weighted by molar-refractivity contribution is 5.39. The summed E-state index contributed by atoms with van der Waals surface area (Å²) >= 11 is 0. The number of fused-ring (bicyclic) bond motifs is 1. The summed E-state index contributed by atoms with van der Waals surface area (Å²) in [6, 6.07) is 5.54. The van der Waals surface area contributed by atoms with Gasteiger partial charge in [0.2, 0.25) is 0 Å². The van der Waals surface area contributed by atoms with Crippen molar-refractivity contribution in [3.05, 3.63) is 29.3 Å². The first-order chi connectivity index (χ1) is 8.20. The van der Waals surface area contributed by atoms with Crippen molar-refractivity contribution >= 4 is 0 Å². The molecule has 0 aromatic heterocycles. The maximum Gasteiger partial charge on any atom is 0.387 e. The van der Waals surface area contributed by atoms with Gasteiger partial charge in [0.05, 0.1) is 0 Å². The maximum atomic E-state index is 12.2. The number of rotatable bonds is 4. The van der Waals surface area contributed by atoms with Crippen LogP contribution in [0, 0.1) is 0 Å². The molecule has 0 amide bonds. The van der Waals surface area contributed by atoms with Gasteiger partial charge in [-0.15, -0.1) is 0 Å². The Morgan fingerprint density at radius 1 is 1.47 bits per heavy atom. The molecule has 94 valence electrons. The standard InChI is InChI=1S/C13H17F2NO/c1-2-16-12-5-3-4-9-6-7-10(8-11(9)12)17-13(14)15/h6-8,12-13,16H,2-5H2,1H3. The van der Waals surface area contributed by atoms with Crippen LogP contribution in [-0.2, 0) is 6.42 Å². The van der Waals surface area contributed by atoms with Crippen molar-refractivity contribution in [2.45, 2.75) is 38.8 Å². The molecule has 1 atom stereocenters. The summed E-state index contributed by atoms with van der Waals surface area (Å²) in [6.07, 6.45) is 3.21. The van der Waals surface area contributed by atoms with E-state index in [1.54, 1.807) is 12.1 Å². The molecule has 4 heteroatoms. The van der Waals surface area contributed by atoms with Gasteiger partial charge in [-0.2, -0.15) is 8.78 Å². The van der Waals surface area contributed by atoms with Gasteiger partial charge in [0, 0.05) is 6.04 Å². The number of benzene rings is 1. The summed E-state index contributed by atoms with van der Waals surface area (Å²) in [4.78, 5) is 0. The number of ether oxygens (including phenoxy) is 1. The van der Waals surface area contributed by atoms with Crippen LogP contribution in [0.1, 0.15) is 36.9 Å². The third kappa shape index (κ3) is 2.94. The molecule has 0 heterocycles. The van der Waals surface area contributed by atoms with Gasteiger partial charge in [0.15, 0.2) is 0 Å². The van der Waals surface area contributed by atoms with Gasteiger partial charge in [-0.3, -0.25) is 0 Å². The Labute approximate surface area is 100.0 Å². The number of halogens is 2. The zero-order valence-corrected chi connectivity index (χ0v) is 9.88. The number of nitrogens with one attached hydrogen (secondary N) is 1. The fourth-order valence-corrected chi connectivity index (χ4v) is 2.41. The summed E-state index contributed by atoms with van der Waals surface area (Å²) in [7, 11) is 0. The van der Waals surface area contributed by atoms with E-state index in [9.17, 15) is 8.78 Å². The van der Waals surface area contributed by atoms with Gasteiger partial charge in [0.1, 0.15) is 5.75 Å². The molecule has 17 heavy (non-hydrogen) atoms. The minimum atomic E-state index is -2.76. The molecule has 1 aliphatic carbocycles. The molecule has 1 aromatic rings. The Morgan fingerprint density at radius 2 is 2.29 bits per heavy atom. The van der Waals surface area contributed by atoms with Crippen molar-refractivity contribution in [1.82, 2.24) is 5.32 Å². The van der Waals surface area contributed by atoms with Gasteiger partial charge in [-0.05, 0) is 49.1 Å². The normalized spacial score (nSPS) is 19.2. The summed E-state index contributed by atoms with van der Waals surface area (Å²) in [5.74, 6) is 0.253. The molecular formula is C13H17F2NO. The zero-order chi connectivity index (χ0) is 12.3. The van der Waals surface area contributed by atoms with Crippen LogP contribution in [0.2, 0.25) is 0 Å². The third-order valence-corrected chi connectivity index (χ3v) is 3.11. The van der Waals surface area contributed by atoms with E-state index in [2.05, 4.69) is 10.1 Å². The van der Waals surface area contributed by atoms with E-state index in [1.165, 1.54) is 5.56 Å². The second-order valence-corrected chi connectivity index (χ2v) is 4.24. The largest absolute Gasteiger partial charge is 0.435 e. The number of alkyl halides is 2. The molecule has 2 nitrogen and oxygen atoms in total. The second-order valence-electron chi connectivity index (χ2n) is 4.24. The molecule has 0 saturated heterocycles. The molecule has 0 radical (unpaired) electrons. The van der Waals surface area contributed by atoms with Crippen molar-refractivity contribution in [1.29, 1.82) is 0 Å². The predicted octanol–water partition coefficient (Wildman–Crippen LogP) is 3.27. The van der Waals surface area contributed by atoms with Crippen molar-refractivity contribution in [3.63, 3.8) is 0 Å². The van der Waals surface area contributed by atoms with Gasteiger partial charge >= 0.3 is 6.61 Å². The third-order valence-electron chi connectivity index (χ3n) is 3.11. The fraction of sp³-hybridized carbons (Fsp3) is 0.538. The molecule has 1 aliphatic rings. The Morgan fingerprint density at radius 3 is 3.00 bits per heavy atom. The monoisotopic (exact) mass is 241 g/mol. The Hall–Kier alpha value is -1.16. The Bertz CT molecular complexity index is 382. The van der Waals surface area contributed by atoms with Crippen LogP contribution in [0.25, 0.3) is 0 Å². The minimum Gasteiger partial charge on any atom is -0.435 e. The predicted molar refractivity (Wildman–Crippen MR) is 62.4 cm³/mol. The van der Waals surface area contributed by atoms with E-state index in [-0.39, 0.29) is 11.8 Å². The van der Waals surface area contributed by atoms with Crippen LogP contribution < -0.4 is 10.1 Å². The van der Waals surface area contributed by atoms with E-state index in [4.69, 9.17) is 0 Å². The van der Waals surface area contributed by atoms with Crippen molar-refractivity contribution in [2.24, 2.45) is 0 Å². The molecule has 0 fully saturated rings. The minimum absolute atomic E-state index is 0.253. The lowest BCUT2D eigenvalue weighted by Gasteiger charge is -2.26. The average Bonchev–Trinajstić information content (AvgIpc) is 2.29. The average molecular weight is 241 g/mol. The topological polar surface area (TPSA) is 21.3 Å². The van der Waals surface area contributed by atoms with Crippen LogP contribution in [0.15, 0.2) is 18.2 Å². The number of hydrogen-bond acceptors (Lipinski definition) is 2. The lowest BCUT2D eigenvalue weighted by atomic mass is 9.87. The SMILES string of the molecule is CCNC1CCCc2ccc(OC(F)F)cc21. The van der Waals surface area contributed by atoms with Crippen molar-refractivity contribution < 1.29 is 13.5 Å². The van der Waals surface area contributed by atoms with Crippen LogP contribution in [0.4, 0.5) is 8.78 Å². The highest BCUT2D eigenvalue weighted by Gasteiger charge is 2.20. The fourth-order valence-electron chi connectivity index (χ4n) is 2.41. The quantitative estimate of drug-likeness (QED) is 0.873. The summed E-state index contributed by atoms with van der Waals surface area (Å²) in [6.45, 7) is 0.173. The van der Waals surface area contributed by atoms with E-state index in [0.29, 0.717) is 0 Å². The smallest absolute Gasteiger partial charge is 0.387 e. The highest BCUT2D eigenvalue weighted by atomic mass is 19.3. The van der Waals surface area contributed by atoms with E-state index < -0.39 is 6.61 Å². The zero-order valence-electron chi connectivity index (χ0n) is 9.88. The van der Waals surface area contributed by atoms with E-state index >= 15 is 0 Å². The van der Waals surface area contributed by atoms with Crippen molar-refractivity contribution in [2.75, 3.05) is 6.54 Å². The number of hydrogen-bond donors (Lipinski definition) is 1.